The zero-order valence-corrected chi connectivity index (χ0v) is 11.3. The van der Waals surface area contributed by atoms with Crippen molar-refractivity contribution in [3.8, 4) is 5.75 Å². The van der Waals surface area contributed by atoms with Crippen LogP contribution in [0.1, 0.15) is 11.1 Å². The molecule has 0 N–H and O–H groups in total. The smallest absolute Gasteiger partial charge is 0.137 e. The second kappa shape index (κ2) is 6.11. The number of aromatic nitrogens is 1. The van der Waals surface area contributed by atoms with E-state index in [1.54, 1.807) is 0 Å². The van der Waals surface area contributed by atoms with E-state index < -0.39 is 0 Å². The Morgan fingerprint density at radius 2 is 1.40 bits per heavy atom. The first-order chi connectivity index (χ1) is 9.90. The Morgan fingerprint density at radius 3 is 2.10 bits per heavy atom. The minimum Gasteiger partial charge on any atom is -0.487 e. The zero-order valence-electron chi connectivity index (χ0n) is 11.3. The molecule has 0 unspecified atom stereocenters. The quantitative estimate of drug-likeness (QED) is 0.675. The van der Waals surface area contributed by atoms with Crippen LogP contribution in [0.15, 0.2) is 79.1 Å². The summed E-state index contributed by atoms with van der Waals surface area (Å²) in [7, 11) is 0. The van der Waals surface area contributed by atoms with Gasteiger partial charge in [0.25, 0.3) is 0 Å². The molecule has 3 aromatic rings. The lowest BCUT2D eigenvalue weighted by molar-refractivity contribution is 0.306. The molecule has 0 aliphatic carbocycles. The van der Waals surface area contributed by atoms with Crippen molar-refractivity contribution in [2.45, 2.75) is 13.2 Å². The number of ether oxygens (including phenoxy) is 1. The number of nitrogens with zero attached hydrogens (tertiary/aromatic N) is 1. The fraction of sp³-hybridized carbons (Fsp3) is 0.111. The third-order valence-electron chi connectivity index (χ3n) is 3.18. The molecule has 0 saturated carbocycles. The van der Waals surface area contributed by atoms with Crippen LogP contribution < -0.4 is 4.74 Å². The molecule has 100 valence electrons. The van der Waals surface area contributed by atoms with Crippen molar-refractivity contribution >= 4 is 0 Å². The number of hydrogen-bond donors (Lipinski definition) is 0. The Hall–Kier alpha value is -2.48. The Kier molecular flexibility index (Phi) is 3.83. The first kappa shape index (κ1) is 12.5. The van der Waals surface area contributed by atoms with E-state index in [4.69, 9.17) is 4.74 Å². The van der Waals surface area contributed by atoms with Crippen molar-refractivity contribution in [1.82, 2.24) is 4.57 Å². The van der Waals surface area contributed by atoms with Crippen LogP contribution in [-0.4, -0.2) is 4.57 Å². The molecule has 20 heavy (non-hydrogen) atoms. The monoisotopic (exact) mass is 263 g/mol. The average Bonchev–Trinajstić information content (AvgIpc) is 2.95. The van der Waals surface area contributed by atoms with Crippen molar-refractivity contribution < 1.29 is 4.74 Å². The maximum absolute atomic E-state index is 5.79. The van der Waals surface area contributed by atoms with Gasteiger partial charge in [0.1, 0.15) is 12.4 Å². The molecular weight excluding hydrogens is 246 g/mol. The van der Waals surface area contributed by atoms with Gasteiger partial charge in [0.05, 0.1) is 0 Å². The molecule has 1 heterocycles. The molecule has 2 heteroatoms. The lowest BCUT2D eigenvalue weighted by atomic mass is 10.2. The SMILES string of the molecule is c1ccc(COc2ccn(Cc3ccccc3)c2)cc1. The molecule has 0 aliphatic heterocycles. The van der Waals surface area contributed by atoms with Gasteiger partial charge in [-0.3, -0.25) is 0 Å². The van der Waals surface area contributed by atoms with Gasteiger partial charge >= 0.3 is 0 Å². The second-order valence-electron chi connectivity index (χ2n) is 4.78. The van der Waals surface area contributed by atoms with Gasteiger partial charge in [-0.1, -0.05) is 60.7 Å². The van der Waals surface area contributed by atoms with Crippen LogP contribution >= 0.6 is 0 Å². The van der Waals surface area contributed by atoms with E-state index in [0.717, 1.165) is 12.3 Å². The zero-order chi connectivity index (χ0) is 13.6. The van der Waals surface area contributed by atoms with Crippen LogP contribution in [0.5, 0.6) is 5.75 Å². The van der Waals surface area contributed by atoms with Gasteiger partial charge in [-0.15, -0.1) is 0 Å². The second-order valence-corrected chi connectivity index (χ2v) is 4.78. The Bertz CT molecular complexity index is 643. The molecule has 0 radical (unpaired) electrons. The maximum atomic E-state index is 5.79. The third kappa shape index (κ3) is 3.29. The third-order valence-corrected chi connectivity index (χ3v) is 3.18. The first-order valence-corrected chi connectivity index (χ1v) is 6.76. The molecule has 0 bridgehead atoms. The topological polar surface area (TPSA) is 14.2 Å². The van der Waals surface area contributed by atoms with Crippen LogP contribution in [0.2, 0.25) is 0 Å². The first-order valence-electron chi connectivity index (χ1n) is 6.76. The van der Waals surface area contributed by atoms with Gasteiger partial charge in [-0.2, -0.15) is 0 Å². The molecular formula is C18H17NO. The van der Waals surface area contributed by atoms with Gasteiger partial charge in [0, 0.05) is 18.9 Å². The number of benzene rings is 2. The average molecular weight is 263 g/mol. The van der Waals surface area contributed by atoms with Crippen molar-refractivity contribution in [3.05, 3.63) is 90.3 Å². The molecule has 0 spiro atoms. The molecule has 0 fully saturated rings. The van der Waals surface area contributed by atoms with E-state index in [2.05, 4.69) is 41.0 Å². The van der Waals surface area contributed by atoms with Crippen molar-refractivity contribution in [2.24, 2.45) is 0 Å². The Labute approximate surface area is 119 Å². The van der Waals surface area contributed by atoms with Crippen LogP contribution in [-0.2, 0) is 13.2 Å². The lowest BCUT2D eigenvalue weighted by Gasteiger charge is -2.04. The minimum absolute atomic E-state index is 0.607. The van der Waals surface area contributed by atoms with E-state index in [-0.39, 0.29) is 0 Å². The number of hydrogen-bond acceptors (Lipinski definition) is 1. The molecule has 0 saturated heterocycles. The van der Waals surface area contributed by atoms with Gasteiger partial charge in [-0.25, -0.2) is 0 Å². The summed E-state index contributed by atoms with van der Waals surface area (Å²) in [5, 5.41) is 0. The highest BCUT2D eigenvalue weighted by Crippen LogP contribution is 2.14. The summed E-state index contributed by atoms with van der Waals surface area (Å²) < 4.78 is 7.92. The van der Waals surface area contributed by atoms with Gasteiger partial charge < -0.3 is 9.30 Å². The molecule has 0 aliphatic rings. The molecule has 2 nitrogen and oxygen atoms in total. The van der Waals surface area contributed by atoms with Gasteiger partial charge in [0.15, 0.2) is 0 Å². The summed E-state index contributed by atoms with van der Waals surface area (Å²) >= 11 is 0. The van der Waals surface area contributed by atoms with Crippen LogP contribution in [0.4, 0.5) is 0 Å². The Balaban J connectivity index is 1.60. The van der Waals surface area contributed by atoms with E-state index >= 15 is 0 Å². The summed E-state index contributed by atoms with van der Waals surface area (Å²) in [6, 6.07) is 22.6. The Morgan fingerprint density at radius 1 is 0.750 bits per heavy atom. The fourth-order valence-corrected chi connectivity index (χ4v) is 2.14. The largest absolute Gasteiger partial charge is 0.487 e. The van der Waals surface area contributed by atoms with E-state index in [9.17, 15) is 0 Å². The minimum atomic E-state index is 0.607. The highest BCUT2D eigenvalue weighted by atomic mass is 16.5. The summed E-state index contributed by atoms with van der Waals surface area (Å²) in [6.07, 6.45) is 4.09. The van der Waals surface area contributed by atoms with Crippen LogP contribution in [0.25, 0.3) is 0 Å². The van der Waals surface area contributed by atoms with Crippen molar-refractivity contribution in [2.75, 3.05) is 0 Å². The lowest BCUT2D eigenvalue weighted by Crippen LogP contribution is -1.96. The van der Waals surface area contributed by atoms with Crippen LogP contribution in [0, 0.1) is 0 Å². The molecule has 1 aromatic heterocycles. The van der Waals surface area contributed by atoms with Crippen molar-refractivity contribution in [3.63, 3.8) is 0 Å². The molecule has 0 atom stereocenters. The van der Waals surface area contributed by atoms with Gasteiger partial charge in [-0.05, 0) is 17.2 Å². The molecule has 2 aromatic carbocycles. The summed E-state index contributed by atoms with van der Waals surface area (Å²) in [5.41, 5.74) is 2.47. The van der Waals surface area contributed by atoms with Crippen LogP contribution in [0.3, 0.4) is 0 Å². The van der Waals surface area contributed by atoms with E-state index in [1.165, 1.54) is 11.1 Å². The fourth-order valence-electron chi connectivity index (χ4n) is 2.14. The highest BCUT2D eigenvalue weighted by molar-refractivity contribution is 5.22. The highest BCUT2D eigenvalue weighted by Gasteiger charge is 1.99. The number of rotatable bonds is 5. The standard InChI is InChI=1S/C18H17NO/c1-3-7-16(8-4-1)13-19-12-11-18(14-19)20-15-17-9-5-2-6-10-17/h1-12,14H,13,15H2. The predicted octanol–water partition coefficient (Wildman–Crippen LogP) is 4.12. The summed E-state index contributed by atoms with van der Waals surface area (Å²) in [4.78, 5) is 0. The molecule has 0 amide bonds. The summed E-state index contributed by atoms with van der Waals surface area (Å²) in [5.74, 6) is 0.907. The van der Waals surface area contributed by atoms with Gasteiger partial charge in [0.2, 0.25) is 0 Å². The summed E-state index contributed by atoms with van der Waals surface area (Å²) in [6.45, 7) is 1.48. The predicted molar refractivity (Wildman–Crippen MR) is 80.8 cm³/mol. The molecule has 3 rings (SSSR count). The maximum Gasteiger partial charge on any atom is 0.137 e. The van der Waals surface area contributed by atoms with Crippen molar-refractivity contribution in [1.29, 1.82) is 0 Å². The van der Waals surface area contributed by atoms with E-state index in [1.807, 2.05) is 42.7 Å². The van der Waals surface area contributed by atoms with E-state index in [0.29, 0.717) is 6.61 Å². The normalized spacial score (nSPS) is 10.4.